The normalized spacial score (nSPS) is 13.6. The molecular weight excluding hydrogens is 396 g/mol. The molecule has 3 rings (SSSR count). The zero-order valence-electron chi connectivity index (χ0n) is 16.1. The lowest BCUT2D eigenvalue weighted by Crippen LogP contribution is -2.47. The van der Waals surface area contributed by atoms with E-state index in [0.29, 0.717) is 35.1 Å². The van der Waals surface area contributed by atoms with Gasteiger partial charge in [-0.1, -0.05) is 11.6 Å². The second-order valence-corrected chi connectivity index (χ2v) is 6.85. The maximum Gasteiger partial charge on any atom is 0.339 e. The van der Waals surface area contributed by atoms with Crippen molar-refractivity contribution >= 4 is 40.8 Å². The fraction of sp³-hybridized carbons (Fsp3) is 0.300. The second kappa shape index (κ2) is 8.91. The molecule has 2 heterocycles. The molecule has 1 fully saturated rings. The molecule has 152 valence electrons. The predicted molar refractivity (Wildman–Crippen MR) is 110 cm³/mol. The average molecular weight is 417 g/mol. The number of carbonyl (C=O) groups is 3. The fourth-order valence-corrected chi connectivity index (χ4v) is 3.29. The number of aryl methyl sites for hydroxylation is 1. The van der Waals surface area contributed by atoms with Gasteiger partial charge in [0.2, 0.25) is 5.91 Å². The number of anilines is 2. The fourth-order valence-electron chi connectivity index (χ4n) is 2.99. The van der Waals surface area contributed by atoms with Gasteiger partial charge in [0.05, 0.1) is 35.1 Å². The molecule has 0 atom stereocenters. The number of nitrogens with zero attached hydrogens (tertiary/aromatic N) is 2. The van der Waals surface area contributed by atoms with Crippen LogP contribution >= 0.6 is 11.6 Å². The molecule has 2 N–H and O–H groups in total. The Bertz CT molecular complexity index is 963. The van der Waals surface area contributed by atoms with Gasteiger partial charge in [-0.05, 0) is 44.2 Å². The lowest BCUT2D eigenvalue weighted by atomic mass is 10.1. The Morgan fingerprint density at radius 2 is 2.10 bits per heavy atom. The first kappa shape index (κ1) is 20.6. The topological polar surface area (TPSA) is 101 Å². The molecule has 0 unspecified atom stereocenters. The summed E-state index contributed by atoms with van der Waals surface area (Å²) in [6, 6.07) is 8.09. The minimum Gasteiger partial charge on any atom is -0.462 e. The quantitative estimate of drug-likeness (QED) is 0.726. The number of aromatic nitrogens is 1. The standard InChI is InChI=1S/C20H21ClN4O4/c1-3-29-20(28)14-5-6-16(23-12(14)2)19(27)24-13-4-7-17(15(21)10-13)25-9-8-22-18(26)11-25/h4-7,10H,3,8-9,11H2,1-2H3,(H,22,26)(H,24,27). The van der Waals surface area contributed by atoms with E-state index in [1.807, 2.05) is 4.90 Å². The zero-order valence-corrected chi connectivity index (χ0v) is 16.9. The number of carbonyl (C=O) groups excluding carboxylic acids is 3. The maximum atomic E-state index is 12.5. The number of halogens is 1. The minimum atomic E-state index is -0.474. The Morgan fingerprint density at radius 3 is 2.76 bits per heavy atom. The van der Waals surface area contributed by atoms with Crippen LogP contribution in [0.15, 0.2) is 30.3 Å². The lowest BCUT2D eigenvalue weighted by Gasteiger charge is -2.29. The van der Waals surface area contributed by atoms with Crippen molar-refractivity contribution in [3.63, 3.8) is 0 Å². The van der Waals surface area contributed by atoms with Crippen molar-refractivity contribution in [2.75, 3.05) is 36.5 Å². The van der Waals surface area contributed by atoms with Gasteiger partial charge in [0.25, 0.3) is 5.91 Å². The number of rotatable bonds is 5. The molecule has 0 radical (unpaired) electrons. The Labute approximate surface area is 173 Å². The first-order chi connectivity index (χ1) is 13.9. The number of piperazine rings is 1. The van der Waals surface area contributed by atoms with Gasteiger partial charge in [0.15, 0.2) is 0 Å². The third-order valence-electron chi connectivity index (χ3n) is 4.40. The van der Waals surface area contributed by atoms with E-state index in [1.165, 1.54) is 12.1 Å². The van der Waals surface area contributed by atoms with E-state index >= 15 is 0 Å². The molecule has 9 heteroatoms. The highest BCUT2D eigenvalue weighted by molar-refractivity contribution is 6.33. The van der Waals surface area contributed by atoms with E-state index in [-0.39, 0.29) is 24.8 Å². The minimum absolute atomic E-state index is 0.0580. The van der Waals surface area contributed by atoms with Gasteiger partial charge in [-0.15, -0.1) is 0 Å². The SMILES string of the molecule is CCOC(=O)c1ccc(C(=O)Nc2ccc(N3CCNC(=O)C3)c(Cl)c2)nc1C. The third-order valence-corrected chi connectivity index (χ3v) is 4.70. The van der Waals surface area contributed by atoms with Crippen LogP contribution in [0.5, 0.6) is 0 Å². The van der Waals surface area contributed by atoms with E-state index in [1.54, 1.807) is 32.0 Å². The molecule has 1 aromatic carbocycles. The summed E-state index contributed by atoms with van der Waals surface area (Å²) in [6.07, 6.45) is 0. The van der Waals surface area contributed by atoms with Gasteiger partial charge in [-0.2, -0.15) is 0 Å². The van der Waals surface area contributed by atoms with Crippen LogP contribution in [0.1, 0.15) is 33.5 Å². The number of amides is 2. The number of hydrogen-bond acceptors (Lipinski definition) is 6. The van der Waals surface area contributed by atoms with E-state index in [2.05, 4.69) is 15.6 Å². The Kier molecular flexibility index (Phi) is 6.33. The van der Waals surface area contributed by atoms with Crippen molar-refractivity contribution < 1.29 is 19.1 Å². The molecule has 8 nitrogen and oxygen atoms in total. The summed E-state index contributed by atoms with van der Waals surface area (Å²) in [4.78, 5) is 42.0. The number of nitrogens with one attached hydrogen (secondary N) is 2. The van der Waals surface area contributed by atoms with Crippen molar-refractivity contribution in [1.29, 1.82) is 0 Å². The van der Waals surface area contributed by atoms with Crippen LogP contribution in [-0.2, 0) is 9.53 Å². The summed E-state index contributed by atoms with van der Waals surface area (Å²) >= 11 is 6.36. The molecule has 1 aliphatic heterocycles. The van der Waals surface area contributed by atoms with Crippen LogP contribution in [0.2, 0.25) is 5.02 Å². The van der Waals surface area contributed by atoms with Crippen LogP contribution in [0.3, 0.4) is 0 Å². The summed E-state index contributed by atoms with van der Waals surface area (Å²) in [7, 11) is 0. The van der Waals surface area contributed by atoms with Crippen molar-refractivity contribution in [3.05, 3.63) is 52.3 Å². The summed E-state index contributed by atoms with van der Waals surface area (Å²) in [5.41, 5.74) is 2.13. The van der Waals surface area contributed by atoms with Crippen molar-refractivity contribution in [1.82, 2.24) is 10.3 Å². The first-order valence-corrected chi connectivity index (χ1v) is 9.54. The monoisotopic (exact) mass is 416 g/mol. The second-order valence-electron chi connectivity index (χ2n) is 6.44. The first-order valence-electron chi connectivity index (χ1n) is 9.16. The van der Waals surface area contributed by atoms with Crippen LogP contribution in [0, 0.1) is 6.92 Å². The summed E-state index contributed by atoms with van der Waals surface area (Å²) in [6.45, 7) is 5.08. The van der Waals surface area contributed by atoms with E-state index in [0.717, 1.165) is 5.69 Å². The highest BCUT2D eigenvalue weighted by atomic mass is 35.5. The van der Waals surface area contributed by atoms with Crippen molar-refractivity contribution in [3.8, 4) is 0 Å². The highest BCUT2D eigenvalue weighted by Gasteiger charge is 2.19. The van der Waals surface area contributed by atoms with Gasteiger partial charge in [-0.3, -0.25) is 9.59 Å². The molecule has 1 saturated heterocycles. The molecule has 0 saturated carbocycles. The Morgan fingerprint density at radius 1 is 1.31 bits per heavy atom. The summed E-state index contributed by atoms with van der Waals surface area (Å²) in [5.74, 6) is -0.958. The molecule has 0 spiro atoms. The summed E-state index contributed by atoms with van der Waals surface area (Å²) in [5, 5.41) is 5.93. The van der Waals surface area contributed by atoms with E-state index < -0.39 is 11.9 Å². The summed E-state index contributed by atoms with van der Waals surface area (Å²) < 4.78 is 4.96. The van der Waals surface area contributed by atoms with E-state index in [4.69, 9.17) is 16.3 Å². The van der Waals surface area contributed by atoms with Crippen LogP contribution in [0.25, 0.3) is 0 Å². The maximum absolute atomic E-state index is 12.5. The van der Waals surface area contributed by atoms with Gasteiger partial charge < -0.3 is 20.3 Å². The lowest BCUT2D eigenvalue weighted by molar-refractivity contribution is -0.120. The number of benzene rings is 1. The molecule has 0 bridgehead atoms. The molecule has 1 aromatic heterocycles. The Balaban J connectivity index is 1.72. The third kappa shape index (κ3) is 4.83. The molecule has 0 aliphatic carbocycles. The van der Waals surface area contributed by atoms with Crippen LogP contribution < -0.4 is 15.5 Å². The number of hydrogen-bond donors (Lipinski definition) is 2. The average Bonchev–Trinajstić information content (AvgIpc) is 2.68. The van der Waals surface area contributed by atoms with Crippen molar-refractivity contribution in [2.45, 2.75) is 13.8 Å². The van der Waals surface area contributed by atoms with Crippen LogP contribution in [0.4, 0.5) is 11.4 Å². The number of pyridine rings is 1. The van der Waals surface area contributed by atoms with Gasteiger partial charge in [0, 0.05) is 18.8 Å². The molecule has 1 aliphatic rings. The van der Waals surface area contributed by atoms with Crippen molar-refractivity contribution in [2.24, 2.45) is 0 Å². The van der Waals surface area contributed by atoms with Gasteiger partial charge in [-0.25, -0.2) is 9.78 Å². The van der Waals surface area contributed by atoms with Crippen LogP contribution in [-0.4, -0.2) is 49.0 Å². The largest absolute Gasteiger partial charge is 0.462 e. The highest BCUT2D eigenvalue weighted by Crippen LogP contribution is 2.29. The number of esters is 1. The Hall–Kier alpha value is -3.13. The molecular formula is C20H21ClN4O4. The number of ether oxygens (including phenoxy) is 1. The van der Waals surface area contributed by atoms with E-state index in [9.17, 15) is 14.4 Å². The molecule has 2 amide bonds. The molecule has 29 heavy (non-hydrogen) atoms. The smallest absolute Gasteiger partial charge is 0.339 e. The molecule has 2 aromatic rings. The zero-order chi connectivity index (χ0) is 21.0. The van der Waals surface area contributed by atoms with Gasteiger partial charge >= 0.3 is 5.97 Å². The predicted octanol–water partition coefficient (Wildman–Crippen LogP) is 2.41. The van der Waals surface area contributed by atoms with Gasteiger partial charge in [0.1, 0.15) is 5.69 Å².